The Bertz CT molecular complexity index is 893. The molecule has 0 unspecified atom stereocenters. The summed E-state index contributed by atoms with van der Waals surface area (Å²) in [6.07, 6.45) is 6.43. The largest absolute Gasteiger partial charge is 0.341 e. The second kappa shape index (κ2) is 7.12. The van der Waals surface area contributed by atoms with Gasteiger partial charge in [0.15, 0.2) is 0 Å². The van der Waals surface area contributed by atoms with E-state index < -0.39 is 0 Å². The molecule has 1 amide bonds. The van der Waals surface area contributed by atoms with Gasteiger partial charge in [-0.15, -0.1) is 11.3 Å². The van der Waals surface area contributed by atoms with E-state index in [2.05, 4.69) is 0 Å². The highest BCUT2D eigenvalue weighted by molar-refractivity contribution is 7.18. The lowest BCUT2D eigenvalue weighted by atomic mass is 9.97. The van der Waals surface area contributed by atoms with E-state index in [9.17, 15) is 9.59 Å². The van der Waals surface area contributed by atoms with Crippen LogP contribution in [0.25, 0.3) is 10.2 Å². The summed E-state index contributed by atoms with van der Waals surface area (Å²) in [5, 5.41) is 0.765. The third kappa shape index (κ3) is 3.18. The summed E-state index contributed by atoms with van der Waals surface area (Å²) in [5.74, 6) is 0.730. The number of aryl methyl sites for hydroxylation is 2. The number of nitrogens with zero attached hydrogens (tertiary/aromatic N) is 4. The number of rotatable bonds is 4. The fraction of sp³-hybridized carbons (Fsp3) is 0.632. The third-order valence-electron chi connectivity index (χ3n) is 5.36. The number of hydrogen-bond donors (Lipinski definition) is 0. The normalized spacial score (nSPS) is 17.3. The Labute approximate surface area is 157 Å². The van der Waals surface area contributed by atoms with Crippen LogP contribution >= 0.6 is 11.3 Å². The molecule has 0 N–H and O–H groups in total. The summed E-state index contributed by atoms with van der Waals surface area (Å²) in [5.41, 5.74) is 1.16. The van der Waals surface area contributed by atoms with Crippen molar-refractivity contribution in [1.29, 1.82) is 0 Å². The molecular weight excluding hydrogens is 348 g/mol. The van der Waals surface area contributed by atoms with Gasteiger partial charge >= 0.3 is 0 Å². The molecule has 0 spiro atoms. The minimum Gasteiger partial charge on any atom is -0.341 e. The van der Waals surface area contributed by atoms with E-state index in [1.165, 1.54) is 16.9 Å². The molecule has 1 aliphatic heterocycles. The highest BCUT2D eigenvalue weighted by Crippen LogP contribution is 2.33. The molecule has 0 radical (unpaired) electrons. The quantitative estimate of drug-likeness (QED) is 0.822. The molecule has 0 bridgehead atoms. The molecule has 2 aromatic heterocycles. The molecule has 7 heteroatoms. The van der Waals surface area contributed by atoms with Crippen molar-refractivity contribution in [3.8, 4) is 0 Å². The van der Waals surface area contributed by atoms with Crippen LogP contribution in [-0.2, 0) is 30.7 Å². The van der Waals surface area contributed by atoms with Gasteiger partial charge in [0, 0.05) is 18.0 Å². The van der Waals surface area contributed by atoms with Gasteiger partial charge in [0.05, 0.1) is 11.9 Å². The zero-order valence-corrected chi connectivity index (χ0v) is 16.4. The fourth-order valence-corrected chi connectivity index (χ4v) is 5.32. The number of thiophene rings is 1. The first-order valence-electron chi connectivity index (χ1n) is 9.51. The van der Waals surface area contributed by atoms with Crippen molar-refractivity contribution in [1.82, 2.24) is 19.4 Å². The first-order valence-corrected chi connectivity index (χ1v) is 10.3. The van der Waals surface area contributed by atoms with Crippen LogP contribution in [0.2, 0.25) is 0 Å². The second-order valence-electron chi connectivity index (χ2n) is 7.64. The van der Waals surface area contributed by atoms with E-state index in [0.29, 0.717) is 12.4 Å². The number of hydrogen-bond acceptors (Lipinski definition) is 5. The minimum absolute atomic E-state index is 0.0289. The zero-order chi connectivity index (χ0) is 18.3. The van der Waals surface area contributed by atoms with Crippen molar-refractivity contribution >= 4 is 27.5 Å². The van der Waals surface area contributed by atoms with E-state index in [1.54, 1.807) is 15.9 Å². The molecule has 26 heavy (non-hydrogen) atoms. The smallest absolute Gasteiger partial charge is 0.263 e. The van der Waals surface area contributed by atoms with Crippen LogP contribution in [-0.4, -0.2) is 52.4 Å². The van der Waals surface area contributed by atoms with Gasteiger partial charge in [0.1, 0.15) is 17.2 Å². The lowest BCUT2D eigenvalue weighted by Gasteiger charge is -2.19. The standard InChI is InChI=1S/C19H26N4O2S/c1-21(2)11-15-20-18-17(13-7-3-4-8-14(13)26-18)19(25)23(15)12-16(24)22-9-5-6-10-22/h3-12H2,1-2H3. The number of likely N-dealkylation sites (tertiary alicyclic amines) is 1. The maximum absolute atomic E-state index is 13.4. The van der Waals surface area contributed by atoms with Crippen LogP contribution in [0.15, 0.2) is 4.79 Å². The Kier molecular flexibility index (Phi) is 4.84. The molecule has 3 heterocycles. The average Bonchev–Trinajstić information content (AvgIpc) is 3.25. The molecule has 1 aliphatic carbocycles. The van der Waals surface area contributed by atoms with E-state index >= 15 is 0 Å². The Morgan fingerprint density at radius 2 is 1.88 bits per heavy atom. The molecule has 2 aliphatic rings. The van der Waals surface area contributed by atoms with Gasteiger partial charge in [0.25, 0.3) is 5.56 Å². The second-order valence-corrected chi connectivity index (χ2v) is 8.72. The lowest BCUT2D eigenvalue weighted by molar-refractivity contribution is -0.130. The van der Waals surface area contributed by atoms with Gasteiger partial charge in [-0.05, 0) is 58.2 Å². The summed E-state index contributed by atoms with van der Waals surface area (Å²) in [7, 11) is 3.92. The summed E-state index contributed by atoms with van der Waals surface area (Å²) >= 11 is 1.67. The predicted molar refractivity (Wildman–Crippen MR) is 104 cm³/mol. The van der Waals surface area contributed by atoms with Gasteiger partial charge in [0.2, 0.25) is 5.91 Å². The maximum Gasteiger partial charge on any atom is 0.263 e. The molecule has 1 fully saturated rings. The number of carbonyl (C=O) groups excluding carboxylic acids is 1. The maximum atomic E-state index is 13.4. The number of aromatic nitrogens is 2. The van der Waals surface area contributed by atoms with E-state index in [-0.39, 0.29) is 18.0 Å². The number of amides is 1. The topological polar surface area (TPSA) is 58.4 Å². The Balaban J connectivity index is 1.80. The van der Waals surface area contributed by atoms with Crippen molar-refractivity contribution in [2.75, 3.05) is 27.2 Å². The number of fused-ring (bicyclic) bond motifs is 3. The van der Waals surface area contributed by atoms with Crippen LogP contribution in [0.4, 0.5) is 0 Å². The molecule has 0 saturated carbocycles. The SMILES string of the molecule is CN(C)Cc1nc2sc3c(c2c(=O)n1CC(=O)N1CCCC1)CCCC3. The first-order chi connectivity index (χ1) is 12.5. The third-order valence-corrected chi connectivity index (χ3v) is 6.55. The van der Waals surface area contributed by atoms with Gasteiger partial charge < -0.3 is 9.80 Å². The molecular formula is C19H26N4O2S. The van der Waals surface area contributed by atoms with Crippen molar-refractivity contribution in [2.45, 2.75) is 51.6 Å². The molecule has 2 aromatic rings. The van der Waals surface area contributed by atoms with Crippen LogP contribution in [0, 0.1) is 0 Å². The van der Waals surface area contributed by atoms with Crippen LogP contribution in [0.5, 0.6) is 0 Å². The van der Waals surface area contributed by atoms with Gasteiger partial charge in [-0.1, -0.05) is 0 Å². The molecule has 4 rings (SSSR count). The summed E-state index contributed by atoms with van der Waals surface area (Å²) in [6, 6.07) is 0. The Hall–Kier alpha value is -1.73. The molecule has 1 saturated heterocycles. The van der Waals surface area contributed by atoms with Crippen LogP contribution < -0.4 is 5.56 Å². The molecule has 0 atom stereocenters. The summed E-state index contributed by atoms with van der Waals surface area (Å²) in [6.45, 7) is 2.27. The van der Waals surface area contributed by atoms with Crippen molar-refractivity contribution in [3.63, 3.8) is 0 Å². The summed E-state index contributed by atoms with van der Waals surface area (Å²) < 4.78 is 1.63. The van der Waals surface area contributed by atoms with Crippen molar-refractivity contribution in [3.05, 3.63) is 26.6 Å². The lowest BCUT2D eigenvalue weighted by Crippen LogP contribution is -2.37. The molecule has 140 valence electrons. The van der Waals surface area contributed by atoms with Crippen molar-refractivity contribution in [2.24, 2.45) is 0 Å². The fourth-order valence-electron chi connectivity index (χ4n) is 4.05. The summed E-state index contributed by atoms with van der Waals surface area (Å²) in [4.78, 5) is 36.9. The highest BCUT2D eigenvalue weighted by atomic mass is 32.1. The van der Waals surface area contributed by atoms with Gasteiger partial charge in [-0.2, -0.15) is 0 Å². The number of carbonyl (C=O) groups is 1. The zero-order valence-electron chi connectivity index (χ0n) is 15.6. The van der Waals surface area contributed by atoms with Crippen molar-refractivity contribution < 1.29 is 4.79 Å². The average molecular weight is 375 g/mol. The minimum atomic E-state index is -0.0289. The van der Waals surface area contributed by atoms with E-state index in [1.807, 2.05) is 23.9 Å². The molecule has 0 aromatic carbocycles. The Morgan fingerprint density at radius 3 is 2.62 bits per heavy atom. The van der Waals surface area contributed by atoms with Gasteiger partial charge in [-0.3, -0.25) is 14.2 Å². The van der Waals surface area contributed by atoms with Crippen LogP contribution in [0.3, 0.4) is 0 Å². The van der Waals surface area contributed by atoms with Gasteiger partial charge in [-0.25, -0.2) is 4.98 Å². The monoisotopic (exact) mass is 374 g/mol. The predicted octanol–water partition coefficient (Wildman–Crippen LogP) is 2.02. The van der Waals surface area contributed by atoms with E-state index in [4.69, 9.17) is 4.98 Å². The first kappa shape index (κ1) is 17.7. The Morgan fingerprint density at radius 1 is 1.15 bits per heavy atom. The highest BCUT2D eigenvalue weighted by Gasteiger charge is 2.25. The van der Waals surface area contributed by atoms with E-state index in [0.717, 1.165) is 55.4 Å². The van der Waals surface area contributed by atoms with Crippen LogP contribution in [0.1, 0.15) is 41.9 Å². The molecule has 6 nitrogen and oxygen atoms in total.